The van der Waals surface area contributed by atoms with Crippen molar-refractivity contribution in [2.24, 2.45) is 0 Å². The molecule has 0 bridgehead atoms. The second kappa shape index (κ2) is 4.78. The summed E-state index contributed by atoms with van der Waals surface area (Å²) in [6.07, 6.45) is 0.531. The summed E-state index contributed by atoms with van der Waals surface area (Å²) in [5.74, 6) is 3.95. The molecule has 1 aromatic heterocycles. The molecule has 0 N–H and O–H groups in total. The Morgan fingerprint density at radius 1 is 1.50 bits per heavy atom. The molecule has 0 fully saturated rings. The molecule has 0 spiro atoms. The van der Waals surface area contributed by atoms with Gasteiger partial charge in [0.1, 0.15) is 0 Å². The topological polar surface area (TPSA) is 17.1 Å². The molecule has 0 aromatic carbocycles. The third-order valence-electron chi connectivity index (χ3n) is 1.61. The predicted molar refractivity (Wildman–Crippen MR) is 63.8 cm³/mol. The van der Waals surface area contributed by atoms with Gasteiger partial charge in [0.25, 0.3) is 0 Å². The van der Waals surface area contributed by atoms with Crippen molar-refractivity contribution in [3.63, 3.8) is 0 Å². The summed E-state index contributed by atoms with van der Waals surface area (Å²) < 4.78 is 0.0197. The molecule has 3 heteroatoms. The van der Waals surface area contributed by atoms with Crippen LogP contribution in [0, 0.1) is 0 Å². The molecule has 0 unspecified atom stereocenters. The van der Waals surface area contributed by atoms with Crippen LogP contribution in [0.25, 0.3) is 0 Å². The summed E-state index contributed by atoms with van der Waals surface area (Å²) in [6.45, 7) is 8.13. The van der Waals surface area contributed by atoms with Crippen molar-refractivity contribution in [2.45, 2.75) is 31.9 Å². The molecule has 0 atom stereocenters. The molecule has 0 radical (unpaired) electrons. The molecule has 1 nitrogen and oxygen atoms in total. The Morgan fingerprint density at radius 3 is 2.71 bits per heavy atom. The van der Waals surface area contributed by atoms with E-state index in [1.807, 2.05) is 31.0 Å². The van der Waals surface area contributed by atoms with Crippen molar-refractivity contribution in [3.05, 3.63) is 29.6 Å². The average Bonchev–Trinajstić information content (AvgIpc) is 2.02. The van der Waals surface area contributed by atoms with E-state index in [1.165, 1.54) is 11.8 Å². The van der Waals surface area contributed by atoms with Gasteiger partial charge in [0.05, 0.1) is 0 Å². The third-order valence-corrected chi connectivity index (χ3v) is 2.60. The first-order chi connectivity index (χ1) is 6.47. The molecule has 1 rings (SSSR count). The van der Waals surface area contributed by atoms with Gasteiger partial charge in [-0.15, -0.1) is 0 Å². The molecule has 0 aliphatic carbocycles. The minimum atomic E-state index is 0.0197. The summed E-state index contributed by atoms with van der Waals surface area (Å²) in [6, 6.07) is 3.95. The zero-order chi connectivity index (χ0) is 10.6. The van der Waals surface area contributed by atoms with Crippen LogP contribution >= 0.6 is 11.8 Å². The van der Waals surface area contributed by atoms with Crippen LogP contribution in [0.2, 0.25) is 0 Å². The second-order valence-electron chi connectivity index (χ2n) is 4.25. The number of hydrogen-bond acceptors (Lipinski definition) is 2. The van der Waals surface area contributed by atoms with Crippen LogP contribution in [-0.2, 0) is 11.2 Å². The SMILES string of the molecule is CC(C)(C)SC(=O)Cc1cbccc1. The summed E-state index contributed by atoms with van der Waals surface area (Å²) in [5, 5.41) is 0.240. The first kappa shape index (κ1) is 11.5. The van der Waals surface area contributed by atoms with Crippen LogP contribution in [0.3, 0.4) is 0 Å². The van der Waals surface area contributed by atoms with Gasteiger partial charge in [-0.05, 0) is 0 Å². The molecule has 0 aliphatic rings. The van der Waals surface area contributed by atoms with Crippen LogP contribution < -0.4 is 0 Å². The van der Waals surface area contributed by atoms with Crippen molar-refractivity contribution in [3.8, 4) is 0 Å². The van der Waals surface area contributed by atoms with Gasteiger partial charge >= 0.3 is 90.1 Å². The maximum atomic E-state index is 11.6. The Morgan fingerprint density at radius 2 is 2.21 bits per heavy atom. The van der Waals surface area contributed by atoms with Crippen molar-refractivity contribution >= 4 is 23.8 Å². The van der Waals surface area contributed by atoms with E-state index in [1.54, 1.807) is 0 Å². The fourth-order valence-electron chi connectivity index (χ4n) is 1.14. The first-order valence-electron chi connectivity index (χ1n) is 4.73. The van der Waals surface area contributed by atoms with Crippen LogP contribution in [0.15, 0.2) is 24.1 Å². The van der Waals surface area contributed by atoms with Gasteiger partial charge in [-0.3, -0.25) is 0 Å². The van der Waals surface area contributed by atoms with E-state index in [2.05, 4.69) is 20.8 Å². The first-order valence-corrected chi connectivity index (χ1v) is 5.55. The molecule has 14 heavy (non-hydrogen) atoms. The van der Waals surface area contributed by atoms with Crippen molar-refractivity contribution in [1.29, 1.82) is 0 Å². The quantitative estimate of drug-likeness (QED) is 0.739. The molecule has 0 saturated heterocycles. The monoisotopic (exact) mass is 206 g/mol. The average molecular weight is 206 g/mol. The van der Waals surface area contributed by atoms with Gasteiger partial charge in [-0.25, -0.2) is 0 Å². The Balaban J connectivity index is 2.50. The van der Waals surface area contributed by atoms with E-state index in [4.69, 9.17) is 0 Å². The normalized spacial score (nSPS) is 11.1. The summed E-state index contributed by atoms with van der Waals surface area (Å²) in [4.78, 5) is 11.6. The minimum absolute atomic E-state index is 0.0197. The standard InChI is InChI=1S/C11H15BOS/c1-11(2,3)14-10(13)7-9-5-4-6-12-8-9/h4-6,8H,7H2,1-3H3. The molecule has 0 saturated carbocycles. The summed E-state index contributed by atoms with van der Waals surface area (Å²) in [5.41, 5.74) is 1.09. The number of carbonyl (C=O) groups is 1. The van der Waals surface area contributed by atoms with Crippen molar-refractivity contribution in [2.75, 3.05) is 0 Å². The van der Waals surface area contributed by atoms with Gasteiger partial charge in [0.15, 0.2) is 0 Å². The Kier molecular flexibility index (Phi) is 3.93. The van der Waals surface area contributed by atoms with Crippen LogP contribution in [-0.4, -0.2) is 16.8 Å². The molecular weight excluding hydrogens is 191 g/mol. The van der Waals surface area contributed by atoms with E-state index < -0.39 is 0 Å². The zero-order valence-corrected chi connectivity index (χ0v) is 9.73. The van der Waals surface area contributed by atoms with Gasteiger partial charge < -0.3 is 0 Å². The maximum absolute atomic E-state index is 11.6. The predicted octanol–water partition coefficient (Wildman–Crippen LogP) is 2.63. The van der Waals surface area contributed by atoms with E-state index in [0.29, 0.717) is 6.42 Å². The van der Waals surface area contributed by atoms with E-state index in [-0.39, 0.29) is 9.86 Å². The molecule has 74 valence electrons. The number of carbonyl (C=O) groups excluding carboxylic acids is 1. The van der Waals surface area contributed by atoms with E-state index in [0.717, 1.165) is 5.56 Å². The van der Waals surface area contributed by atoms with Crippen LogP contribution in [0.5, 0.6) is 0 Å². The molecule has 1 aromatic rings. The van der Waals surface area contributed by atoms with E-state index in [9.17, 15) is 4.79 Å². The second-order valence-corrected chi connectivity index (χ2v) is 6.13. The van der Waals surface area contributed by atoms with Crippen molar-refractivity contribution in [1.82, 2.24) is 0 Å². The zero-order valence-electron chi connectivity index (χ0n) is 8.91. The third kappa shape index (κ3) is 4.61. The molecule has 1 heterocycles. The molecule has 0 amide bonds. The Hall–Kier alpha value is -0.565. The molecular formula is C11H15BOS. The fourth-order valence-corrected chi connectivity index (χ4v) is 2.06. The van der Waals surface area contributed by atoms with Crippen molar-refractivity contribution < 1.29 is 4.79 Å². The van der Waals surface area contributed by atoms with Gasteiger partial charge in [0.2, 0.25) is 0 Å². The number of rotatable bonds is 2. The summed E-state index contributed by atoms with van der Waals surface area (Å²) in [7, 11) is 0. The van der Waals surface area contributed by atoms with Gasteiger partial charge in [-0.2, -0.15) is 0 Å². The summed E-state index contributed by atoms with van der Waals surface area (Å²) >= 11 is 1.41. The van der Waals surface area contributed by atoms with E-state index >= 15 is 0 Å². The fraction of sp³-hybridized carbons (Fsp3) is 0.455. The van der Waals surface area contributed by atoms with Crippen LogP contribution in [0.1, 0.15) is 26.3 Å². The molecule has 0 aliphatic heterocycles. The van der Waals surface area contributed by atoms with Gasteiger partial charge in [-0.1, -0.05) is 0 Å². The Labute approximate surface area is 90.5 Å². The number of hydrogen-bond donors (Lipinski definition) is 0. The van der Waals surface area contributed by atoms with Gasteiger partial charge in [0, 0.05) is 0 Å². The Bertz CT molecular complexity index is 303. The number of thioether (sulfide) groups is 1. The van der Waals surface area contributed by atoms with Crippen LogP contribution in [0.4, 0.5) is 0 Å².